The first-order chi connectivity index (χ1) is 8.66. The van der Waals surface area contributed by atoms with Gasteiger partial charge in [0, 0.05) is 25.6 Å². The topological polar surface area (TPSA) is 66.9 Å². The van der Waals surface area contributed by atoms with E-state index in [-0.39, 0.29) is 16.8 Å². The quantitative estimate of drug-likeness (QED) is 0.790. The zero-order valence-electron chi connectivity index (χ0n) is 9.57. The molecule has 3 rings (SSSR count). The van der Waals surface area contributed by atoms with Gasteiger partial charge in [0.2, 0.25) is 0 Å². The Balaban J connectivity index is 2.22. The summed E-state index contributed by atoms with van der Waals surface area (Å²) < 4.78 is 14.7. The third-order valence-electron chi connectivity index (χ3n) is 3.27. The van der Waals surface area contributed by atoms with Crippen molar-refractivity contribution in [1.82, 2.24) is 14.9 Å². The molecule has 1 saturated heterocycles. The van der Waals surface area contributed by atoms with Crippen LogP contribution >= 0.6 is 0 Å². The second-order valence-electron chi connectivity index (χ2n) is 4.53. The van der Waals surface area contributed by atoms with Crippen molar-refractivity contribution in [1.29, 1.82) is 0 Å². The number of rotatable bonds is 2. The maximum atomic E-state index is 13.6. The van der Waals surface area contributed by atoms with E-state index in [9.17, 15) is 14.0 Å². The molecule has 0 atom stereocenters. The van der Waals surface area contributed by atoms with Gasteiger partial charge in [0.25, 0.3) is 5.56 Å². The molecule has 0 aliphatic carbocycles. The summed E-state index contributed by atoms with van der Waals surface area (Å²) in [5.74, 6) is -0.345. The molecule has 1 aromatic heterocycles. The Labute approximate surface area is 101 Å². The number of aromatic nitrogens is 2. The Morgan fingerprint density at radius 2 is 2.11 bits per heavy atom. The highest BCUT2D eigenvalue weighted by Crippen LogP contribution is 2.10. The van der Waals surface area contributed by atoms with Crippen LogP contribution in [0.2, 0.25) is 0 Å². The van der Waals surface area contributed by atoms with E-state index in [1.165, 1.54) is 18.2 Å². The minimum Gasteiger partial charge on any atom is -0.316 e. The predicted molar refractivity (Wildman–Crippen MR) is 65.1 cm³/mol. The second-order valence-corrected chi connectivity index (χ2v) is 4.53. The van der Waals surface area contributed by atoms with E-state index >= 15 is 0 Å². The minimum atomic E-state index is -0.603. The summed E-state index contributed by atoms with van der Waals surface area (Å²) in [5.41, 5.74) is -0.795. The van der Waals surface area contributed by atoms with Crippen molar-refractivity contribution in [3.63, 3.8) is 0 Å². The van der Waals surface area contributed by atoms with E-state index in [1.807, 2.05) is 0 Å². The number of hydrogen-bond donors (Lipinski definition) is 2. The zero-order chi connectivity index (χ0) is 12.7. The van der Waals surface area contributed by atoms with Gasteiger partial charge in [-0.05, 0) is 12.1 Å². The summed E-state index contributed by atoms with van der Waals surface area (Å²) >= 11 is 0. The van der Waals surface area contributed by atoms with Crippen LogP contribution in [0.15, 0.2) is 27.8 Å². The van der Waals surface area contributed by atoms with Gasteiger partial charge in [-0.3, -0.25) is 9.36 Å². The summed E-state index contributed by atoms with van der Waals surface area (Å²) in [6.07, 6.45) is 0. The number of hydrogen-bond acceptors (Lipinski definition) is 3. The highest BCUT2D eigenvalue weighted by atomic mass is 19.1. The third-order valence-corrected chi connectivity index (χ3v) is 3.27. The Kier molecular flexibility index (Phi) is 2.52. The fourth-order valence-corrected chi connectivity index (χ4v) is 2.16. The number of benzene rings is 1. The Bertz CT molecular complexity index is 715. The highest BCUT2D eigenvalue weighted by molar-refractivity contribution is 5.77. The molecule has 18 heavy (non-hydrogen) atoms. The van der Waals surface area contributed by atoms with E-state index in [0.717, 1.165) is 17.7 Å². The SMILES string of the molecule is O=c1[nH]c2cccc(F)c2c(=O)n1CC1CNC1. The van der Waals surface area contributed by atoms with Crippen molar-refractivity contribution in [2.45, 2.75) is 6.54 Å². The van der Waals surface area contributed by atoms with Crippen LogP contribution in [0.3, 0.4) is 0 Å². The predicted octanol–water partition coefficient (Wildman–Crippen LogP) is 0.0483. The van der Waals surface area contributed by atoms with Crippen LogP contribution in [0.5, 0.6) is 0 Å². The molecule has 2 aromatic rings. The zero-order valence-corrected chi connectivity index (χ0v) is 9.57. The van der Waals surface area contributed by atoms with Crippen molar-refractivity contribution in [3.05, 3.63) is 44.9 Å². The van der Waals surface area contributed by atoms with Crippen molar-refractivity contribution in [2.24, 2.45) is 5.92 Å². The van der Waals surface area contributed by atoms with Gasteiger partial charge >= 0.3 is 5.69 Å². The fourth-order valence-electron chi connectivity index (χ4n) is 2.16. The molecule has 5 nitrogen and oxygen atoms in total. The molecule has 6 heteroatoms. The first-order valence-corrected chi connectivity index (χ1v) is 5.79. The van der Waals surface area contributed by atoms with Crippen LogP contribution < -0.4 is 16.6 Å². The summed E-state index contributed by atoms with van der Waals surface area (Å²) in [6.45, 7) is 1.88. The van der Waals surface area contributed by atoms with Crippen molar-refractivity contribution >= 4 is 10.9 Å². The summed E-state index contributed by atoms with van der Waals surface area (Å²) in [7, 11) is 0. The monoisotopic (exact) mass is 249 g/mol. The Hall–Kier alpha value is -1.95. The lowest BCUT2D eigenvalue weighted by Crippen LogP contribution is -2.48. The van der Waals surface area contributed by atoms with Gasteiger partial charge in [0.1, 0.15) is 5.82 Å². The average Bonchev–Trinajstić information content (AvgIpc) is 2.26. The number of H-pyrrole nitrogens is 1. The number of fused-ring (bicyclic) bond motifs is 1. The van der Waals surface area contributed by atoms with Crippen LogP contribution in [0.25, 0.3) is 10.9 Å². The molecular weight excluding hydrogens is 237 g/mol. The standard InChI is InChI=1S/C12H12FN3O2/c13-8-2-1-3-9-10(8)11(17)16(12(18)15-9)6-7-4-14-5-7/h1-3,7,14H,4-6H2,(H,15,18). The molecule has 2 N–H and O–H groups in total. The molecule has 0 amide bonds. The van der Waals surface area contributed by atoms with E-state index < -0.39 is 17.1 Å². The summed E-state index contributed by atoms with van der Waals surface area (Å²) in [5, 5.41) is 3.02. The second kappa shape index (κ2) is 4.06. The lowest BCUT2D eigenvalue weighted by Gasteiger charge is -2.27. The maximum absolute atomic E-state index is 13.6. The van der Waals surface area contributed by atoms with Gasteiger partial charge in [-0.25, -0.2) is 9.18 Å². The van der Waals surface area contributed by atoms with Crippen LogP contribution in [-0.4, -0.2) is 22.6 Å². The molecule has 0 radical (unpaired) electrons. The molecule has 94 valence electrons. The minimum absolute atomic E-state index is 0.0515. The van der Waals surface area contributed by atoms with E-state index in [1.54, 1.807) is 0 Å². The van der Waals surface area contributed by atoms with Gasteiger partial charge in [0.15, 0.2) is 0 Å². The number of nitrogens with zero attached hydrogens (tertiary/aromatic N) is 1. The molecule has 0 spiro atoms. The number of nitrogens with one attached hydrogen (secondary N) is 2. The summed E-state index contributed by atoms with van der Waals surface area (Å²) in [6, 6.07) is 4.21. The van der Waals surface area contributed by atoms with Crippen molar-refractivity contribution < 1.29 is 4.39 Å². The number of aromatic amines is 1. The molecule has 0 saturated carbocycles. The molecule has 1 fully saturated rings. The highest BCUT2D eigenvalue weighted by Gasteiger charge is 2.20. The summed E-state index contributed by atoms with van der Waals surface area (Å²) in [4.78, 5) is 26.5. The van der Waals surface area contributed by atoms with Gasteiger partial charge in [-0.1, -0.05) is 6.07 Å². The van der Waals surface area contributed by atoms with Gasteiger partial charge < -0.3 is 10.3 Å². The van der Waals surface area contributed by atoms with Gasteiger partial charge in [-0.2, -0.15) is 0 Å². The van der Waals surface area contributed by atoms with E-state index in [4.69, 9.17) is 0 Å². The average molecular weight is 249 g/mol. The van der Waals surface area contributed by atoms with Crippen LogP contribution in [0.4, 0.5) is 4.39 Å². The fraction of sp³-hybridized carbons (Fsp3) is 0.333. The Morgan fingerprint density at radius 1 is 1.33 bits per heavy atom. The first-order valence-electron chi connectivity index (χ1n) is 5.79. The third kappa shape index (κ3) is 1.65. The molecule has 2 heterocycles. The Morgan fingerprint density at radius 3 is 2.78 bits per heavy atom. The van der Waals surface area contributed by atoms with Crippen LogP contribution in [-0.2, 0) is 6.54 Å². The van der Waals surface area contributed by atoms with Crippen molar-refractivity contribution in [3.8, 4) is 0 Å². The molecule has 0 unspecified atom stereocenters. The smallest absolute Gasteiger partial charge is 0.316 e. The molecule has 1 aliphatic rings. The molecular formula is C12H12FN3O2. The van der Waals surface area contributed by atoms with E-state index in [2.05, 4.69) is 10.3 Å². The van der Waals surface area contributed by atoms with Gasteiger partial charge in [0.05, 0.1) is 10.9 Å². The van der Waals surface area contributed by atoms with E-state index in [0.29, 0.717) is 6.54 Å². The first kappa shape index (κ1) is 11.2. The van der Waals surface area contributed by atoms with Crippen LogP contribution in [0.1, 0.15) is 0 Å². The number of halogens is 1. The lowest BCUT2D eigenvalue weighted by molar-refractivity contribution is 0.299. The normalized spacial score (nSPS) is 15.8. The lowest BCUT2D eigenvalue weighted by atomic mass is 10.0. The largest absolute Gasteiger partial charge is 0.328 e. The van der Waals surface area contributed by atoms with Gasteiger partial charge in [-0.15, -0.1) is 0 Å². The molecule has 1 aromatic carbocycles. The van der Waals surface area contributed by atoms with Crippen molar-refractivity contribution in [2.75, 3.05) is 13.1 Å². The van der Waals surface area contributed by atoms with Crippen LogP contribution in [0, 0.1) is 11.7 Å². The maximum Gasteiger partial charge on any atom is 0.328 e. The molecule has 1 aliphatic heterocycles. The molecule has 0 bridgehead atoms.